The molecule has 0 radical (unpaired) electrons. The molecule has 25 heavy (non-hydrogen) atoms. The Labute approximate surface area is 140 Å². The molecule has 2 aromatic heterocycles. The minimum Gasteiger partial charge on any atom is -0.382 e. The van der Waals surface area contributed by atoms with Crippen molar-refractivity contribution >= 4 is 16.9 Å². The van der Waals surface area contributed by atoms with E-state index in [2.05, 4.69) is 25.5 Å². The summed E-state index contributed by atoms with van der Waals surface area (Å²) in [5, 5.41) is 10.1. The molecule has 0 fully saturated rings. The fourth-order valence-electron chi connectivity index (χ4n) is 2.38. The summed E-state index contributed by atoms with van der Waals surface area (Å²) in [4.78, 5) is 7.55. The van der Waals surface area contributed by atoms with Gasteiger partial charge < -0.3 is 5.32 Å². The van der Waals surface area contributed by atoms with Gasteiger partial charge in [0, 0.05) is 18.7 Å². The summed E-state index contributed by atoms with van der Waals surface area (Å²) in [7, 11) is 0. The lowest BCUT2D eigenvalue weighted by Crippen LogP contribution is -2.12. The Morgan fingerprint density at radius 1 is 1.04 bits per heavy atom. The molecule has 0 aliphatic rings. The van der Waals surface area contributed by atoms with Crippen molar-refractivity contribution in [1.82, 2.24) is 20.2 Å². The van der Waals surface area contributed by atoms with Crippen LogP contribution < -0.4 is 5.32 Å². The number of nitrogens with one attached hydrogen (secondary N) is 1. The number of aromatic nitrogens is 4. The van der Waals surface area contributed by atoms with Crippen LogP contribution in [0.5, 0.6) is 0 Å². The Balaban J connectivity index is 2.34. The highest BCUT2D eigenvalue weighted by molar-refractivity contribution is 5.95. The minimum atomic E-state index is -1.24. The molecule has 3 aromatic rings. The Bertz CT molecular complexity index is 922. The van der Waals surface area contributed by atoms with E-state index < -0.39 is 34.5 Å². The summed E-state index contributed by atoms with van der Waals surface area (Å²) >= 11 is 0. The molecule has 5 nitrogen and oxygen atoms in total. The van der Waals surface area contributed by atoms with Crippen LogP contribution in [-0.4, -0.2) is 26.7 Å². The molecule has 0 aliphatic carbocycles. The summed E-state index contributed by atoms with van der Waals surface area (Å²) < 4.78 is 56.2. The number of nitrogens with zero attached hydrogens (tertiary/aromatic N) is 4. The van der Waals surface area contributed by atoms with Gasteiger partial charge in [-0.2, -0.15) is 9.37 Å². The van der Waals surface area contributed by atoms with Gasteiger partial charge in [-0.1, -0.05) is 13.8 Å². The van der Waals surface area contributed by atoms with Crippen LogP contribution >= 0.6 is 0 Å². The number of pyridine rings is 1. The summed E-state index contributed by atoms with van der Waals surface area (Å²) in [6.45, 7) is 4.18. The molecule has 1 aromatic carbocycles. The molecule has 9 heteroatoms. The predicted octanol–water partition coefficient (Wildman–Crippen LogP) is 3.71. The predicted molar refractivity (Wildman–Crippen MR) is 83.7 cm³/mol. The number of halogens is 4. The van der Waals surface area contributed by atoms with Crippen LogP contribution in [0.3, 0.4) is 0 Å². The van der Waals surface area contributed by atoms with E-state index in [0.29, 0.717) is 18.7 Å². The molecule has 0 amide bonds. The van der Waals surface area contributed by atoms with Crippen LogP contribution in [0.25, 0.3) is 22.3 Å². The van der Waals surface area contributed by atoms with Crippen molar-refractivity contribution in [2.45, 2.75) is 13.8 Å². The topological polar surface area (TPSA) is 63.6 Å². The lowest BCUT2D eigenvalue weighted by atomic mass is 10.0. The molecule has 0 unspecified atom stereocenters. The van der Waals surface area contributed by atoms with Crippen molar-refractivity contribution < 1.29 is 17.6 Å². The maximum absolute atomic E-state index is 14.6. The molecule has 0 spiro atoms. The molecule has 0 saturated heterocycles. The maximum Gasteiger partial charge on any atom is 0.225 e. The van der Waals surface area contributed by atoms with Crippen molar-refractivity contribution in [3.8, 4) is 11.1 Å². The number of rotatable bonds is 4. The number of benzene rings is 1. The normalized spacial score (nSPS) is 11.3. The minimum absolute atomic E-state index is 0.0236. The second-order valence-corrected chi connectivity index (χ2v) is 5.80. The van der Waals surface area contributed by atoms with Crippen molar-refractivity contribution in [2.75, 3.05) is 11.9 Å². The Hall–Kier alpha value is -2.84. The Kier molecular flexibility index (Phi) is 4.47. The number of anilines is 1. The monoisotopic (exact) mass is 351 g/mol. The third-order valence-electron chi connectivity index (χ3n) is 3.44. The van der Waals surface area contributed by atoms with Crippen LogP contribution in [-0.2, 0) is 0 Å². The Morgan fingerprint density at radius 2 is 1.72 bits per heavy atom. The van der Waals surface area contributed by atoms with E-state index in [4.69, 9.17) is 0 Å². The van der Waals surface area contributed by atoms with Crippen LogP contribution in [0.4, 0.5) is 23.2 Å². The maximum atomic E-state index is 14.6. The quantitative estimate of drug-likeness (QED) is 0.573. The molecule has 130 valence electrons. The van der Waals surface area contributed by atoms with Gasteiger partial charge in [-0.25, -0.2) is 18.2 Å². The van der Waals surface area contributed by atoms with Gasteiger partial charge in [0.2, 0.25) is 11.6 Å². The van der Waals surface area contributed by atoms with E-state index in [-0.39, 0.29) is 22.8 Å². The number of hydrogen-bond acceptors (Lipinski definition) is 5. The van der Waals surface area contributed by atoms with E-state index in [1.807, 2.05) is 13.8 Å². The first-order valence-corrected chi connectivity index (χ1v) is 7.44. The first-order chi connectivity index (χ1) is 11.9. The third kappa shape index (κ3) is 3.21. The van der Waals surface area contributed by atoms with Gasteiger partial charge in [0.25, 0.3) is 0 Å². The Morgan fingerprint density at radius 3 is 2.36 bits per heavy atom. The largest absolute Gasteiger partial charge is 0.382 e. The van der Waals surface area contributed by atoms with E-state index in [1.165, 1.54) is 0 Å². The molecular formula is C16H13F4N5. The first-order valence-electron chi connectivity index (χ1n) is 7.44. The molecule has 0 bridgehead atoms. The summed E-state index contributed by atoms with van der Waals surface area (Å²) in [6.07, 6.45) is 1.11. The van der Waals surface area contributed by atoms with Crippen molar-refractivity contribution in [3.05, 3.63) is 41.9 Å². The van der Waals surface area contributed by atoms with E-state index >= 15 is 0 Å². The SMILES string of the molecule is CC(C)CNc1c(-c2c(F)cc(F)cc2F)c(F)nc2nncnc12. The molecule has 0 aliphatic heterocycles. The summed E-state index contributed by atoms with van der Waals surface area (Å²) in [6, 6.07) is 0.957. The van der Waals surface area contributed by atoms with Crippen LogP contribution in [0.1, 0.15) is 13.8 Å². The molecule has 0 atom stereocenters. The molecular weight excluding hydrogens is 338 g/mol. The molecule has 0 saturated carbocycles. The molecule has 3 rings (SSSR count). The van der Waals surface area contributed by atoms with Crippen LogP contribution in [0, 0.1) is 29.3 Å². The van der Waals surface area contributed by atoms with Gasteiger partial charge in [0.05, 0.1) is 16.8 Å². The zero-order chi connectivity index (χ0) is 18.1. The second kappa shape index (κ2) is 6.58. The third-order valence-corrected chi connectivity index (χ3v) is 3.44. The fourth-order valence-corrected chi connectivity index (χ4v) is 2.38. The van der Waals surface area contributed by atoms with Crippen molar-refractivity contribution in [2.24, 2.45) is 5.92 Å². The number of hydrogen-bond donors (Lipinski definition) is 1. The van der Waals surface area contributed by atoms with Crippen LogP contribution in [0.2, 0.25) is 0 Å². The van der Waals surface area contributed by atoms with Gasteiger partial charge in [0.15, 0.2) is 0 Å². The highest BCUT2D eigenvalue weighted by atomic mass is 19.1. The average molecular weight is 351 g/mol. The van der Waals surface area contributed by atoms with Crippen molar-refractivity contribution in [1.29, 1.82) is 0 Å². The highest BCUT2D eigenvalue weighted by Gasteiger charge is 2.25. The standard InChI is InChI=1S/C16H13F4N5/c1-7(2)5-21-13-12(11-9(18)3-8(17)4-10(11)19)15(20)24-16-14(13)22-6-23-25-16/h3-4,6-7H,5H2,1-2H3,(H,21,24,25). The van der Waals surface area contributed by atoms with Crippen LogP contribution in [0.15, 0.2) is 18.5 Å². The van der Waals surface area contributed by atoms with Crippen molar-refractivity contribution in [3.63, 3.8) is 0 Å². The molecule has 1 N–H and O–H groups in total. The number of fused-ring (bicyclic) bond motifs is 1. The highest BCUT2D eigenvalue weighted by Crippen LogP contribution is 2.37. The van der Waals surface area contributed by atoms with Gasteiger partial charge in [0.1, 0.15) is 29.3 Å². The lowest BCUT2D eigenvalue weighted by molar-refractivity contribution is 0.542. The van der Waals surface area contributed by atoms with E-state index in [1.54, 1.807) is 0 Å². The van der Waals surface area contributed by atoms with E-state index in [0.717, 1.165) is 6.33 Å². The second-order valence-electron chi connectivity index (χ2n) is 5.80. The first kappa shape index (κ1) is 17.0. The lowest BCUT2D eigenvalue weighted by Gasteiger charge is -2.16. The van der Waals surface area contributed by atoms with Gasteiger partial charge >= 0.3 is 0 Å². The van der Waals surface area contributed by atoms with Gasteiger partial charge in [-0.15, -0.1) is 10.2 Å². The van der Waals surface area contributed by atoms with Gasteiger partial charge in [-0.3, -0.25) is 0 Å². The van der Waals surface area contributed by atoms with Gasteiger partial charge in [-0.05, 0) is 5.92 Å². The fraction of sp³-hybridized carbons (Fsp3) is 0.250. The summed E-state index contributed by atoms with van der Waals surface area (Å²) in [5.41, 5.74) is -1.18. The molecule has 2 heterocycles. The van der Waals surface area contributed by atoms with E-state index in [9.17, 15) is 17.6 Å². The average Bonchev–Trinajstić information content (AvgIpc) is 2.53. The smallest absolute Gasteiger partial charge is 0.225 e. The zero-order valence-corrected chi connectivity index (χ0v) is 13.3. The summed E-state index contributed by atoms with van der Waals surface area (Å²) in [5.74, 6) is -4.60. The zero-order valence-electron chi connectivity index (χ0n) is 13.3.